The van der Waals surface area contributed by atoms with Crippen molar-refractivity contribution in [1.29, 1.82) is 5.26 Å². The van der Waals surface area contributed by atoms with Crippen LogP contribution in [0.1, 0.15) is 47.9 Å². The lowest BCUT2D eigenvalue weighted by molar-refractivity contribution is -0.136. The molecule has 1 saturated heterocycles. The zero-order valence-corrected chi connectivity index (χ0v) is 24.6. The number of nitriles is 1. The van der Waals surface area contributed by atoms with Crippen molar-refractivity contribution in [2.24, 2.45) is 0 Å². The average Bonchev–Trinajstić information content (AvgIpc) is 2.96. The number of hydrogen-bond donors (Lipinski definition) is 2. The molecule has 42 heavy (non-hydrogen) atoms. The molecule has 224 valence electrons. The van der Waals surface area contributed by atoms with Crippen LogP contribution in [0.25, 0.3) is 0 Å². The van der Waals surface area contributed by atoms with E-state index >= 15 is 0 Å². The van der Waals surface area contributed by atoms with Crippen LogP contribution in [0.2, 0.25) is 0 Å². The number of nitrogens with one attached hydrogen (secondary N) is 2. The number of nitrogens with zero attached hydrogens (tertiary/aromatic N) is 6. The summed E-state index contributed by atoms with van der Waals surface area (Å²) in [5.41, 5.74) is 3.30. The number of likely N-dealkylation sites (N-methyl/N-ethyl adjacent to an activating group) is 1. The summed E-state index contributed by atoms with van der Waals surface area (Å²) in [4.78, 5) is 40.9. The van der Waals surface area contributed by atoms with Crippen molar-refractivity contribution in [3.8, 4) is 6.07 Å². The monoisotopic (exact) mass is 578 g/mol. The summed E-state index contributed by atoms with van der Waals surface area (Å²) in [7, 11) is 6.69. The topological polar surface area (TPSA) is 145 Å². The normalized spacial score (nSPS) is 20.6. The molecule has 3 amide bonds. The molecule has 0 aromatic carbocycles. The van der Waals surface area contributed by atoms with Gasteiger partial charge in [0.15, 0.2) is 0 Å². The standard InChI is InChI=1S/C29H38N8O5/c1-35-8-9-36(25(38)17-35)16-19-10-18-6-5-7-37(27(18)34-26(19)28(41-3)42-4)29(39)33-24-13-23(20(14-30)15-31-24)32-21-11-22(12-21)40-2/h10,13,15,21-22,28H,5-9,11-12,16-17H2,1-4H3,(H2,31,32,33,39). The van der Waals surface area contributed by atoms with Crippen LogP contribution < -0.4 is 15.5 Å². The lowest BCUT2D eigenvalue weighted by Crippen LogP contribution is -2.48. The second-order valence-corrected chi connectivity index (χ2v) is 11.0. The smallest absolute Gasteiger partial charge is 0.328 e. The van der Waals surface area contributed by atoms with Crippen LogP contribution >= 0.6 is 0 Å². The maximum absolute atomic E-state index is 13.6. The molecule has 2 aromatic heterocycles. The van der Waals surface area contributed by atoms with Crippen LogP contribution in [-0.4, -0.2) is 98.4 Å². The molecule has 3 aliphatic rings. The molecular weight excluding hydrogens is 540 g/mol. The van der Waals surface area contributed by atoms with Crippen LogP contribution in [0.5, 0.6) is 0 Å². The quantitative estimate of drug-likeness (QED) is 0.426. The van der Waals surface area contributed by atoms with E-state index in [0.717, 1.165) is 43.4 Å². The maximum Gasteiger partial charge on any atom is 0.328 e. The van der Waals surface area contributed by atoms with Gasteiger partial charge in [0.1, 0.15) is 23.4 Å². The maximum atomic E-state index is 13.6. The van der Waals surface area contributed by atoms with Crippen molar-refractivity contribution >= 4 is 29.3 Å². The molecule has 0 bridgehead atoms. The Kier molecular flexibility index (Phi) is 9.18. The molecule has 13 nitrogen and oxygen atoms in total. The minimum Gasteiger partial charge on any atom is -0.381 e. The molecule has 0 unspecified atom stereocenters. The Morgan fingerprint density at radius 3 is 2.67 bits per heavy atom. The Balaban J connectivity index is 1.38. The molecule has 0 radical (unpaired) electrons. The molecule has 1 aliphatic carbocycles. The van der Waals surface area contributed by atoms with Crippen molar-refractivity contribution in [2.75, 3.05) is 70.1 Å². The van der Waals surface area contributed by atoms with E-state index in [-0.39, 0.29) is 24.1 Å². The summed E-state index contributed by atoms with van der Waals surface area (Å²) < 4.78 is 16.5. The van der Waals surface area contributed by atoms with Gasteiger partial charge in [-0.1, -0.05) is 0 Å². The highest BCUT2D eigenvalue weighted by molar-refractivity contribution is 6.01. The van der Waals surface area contributed by atoms with Gasteiger partial charge >= 0.3 is 6.03 Å². The number of fused-ring (bicyclic) bond motifs is 1. The fourth-order valence-electron chi connectivity index (χ4n) is 5.61. The molecule has 2 fully saturated rings. The van der Waals surface area contributed by atoms with Crippen LogP contribution in [0.4, 0.5) is 22.1 Å². The van der Waals surface area contributed by atoms with Gasteiger partial charge in [-0.05, 0) is 49.9 Å². The van der Waals surface area contributed by atoms with Crippen LogP contribution in [-0.2, 0) is 32.0 Å². The van der Waals surface area contributed by atoms with Crippen molar-refractivity contribution in [3.05, 3.63) is 40.7 Å². The second-order valence-electron chi connectivity index (χ2n) is 11.0. The van der Waals surface area contributed by atoms with E-state index in [1.165, 1.54) is 20.4 Å². The number of aromatic nitrogens is 2. The molecule has 5 rings (SSSR count). The molecule has 13 heteroatoms. The fraction of sp³-hybridized carbons (Fsp3) is 0.552. The number of piperazine rings is 1. The largest absolute Gasteiger partial charge is 0.381 e. The zero-order valence-electron chi connectivity index (χ0n) is 24.6. The number of urea groups is 1. The summed E-state index contributed by atoms with van der Waals surface area (Å²) in [5.74, 6) is 0.904. The van der Waals surface area contributed by atoms with Crippen molar-refractivity contribution in [1.82, 2.24) is 19.8 Å². The van der Waals surface area contributed by atoms with E-state index in [4.69, 9.17) is 19.2 Å². The van der Waals surface area contributed by atoms with Gasteiger partial charge in [-0.25, -0.2) is 14.8 Å². The summed E-state index contributed by atoms with van der Waals surface area (Å²) in [6.45, 7) is 2.63. The van der Waals surface area contributed by atoms with Gasteiger partial charge < -0.3 is 24.4 Å². The van der Waals surface area contributed by atoms with Gasteiger partial charge in [-0.2, -0.15) is 5.26 Å². The van der Waals surface area contributed by atoms with Gasteiger partial charge in [0.2, 0.25) is 12.2 Å². The zero-order chi connectivity index (χ0) is 29.8. The first-order valence-corrected chi connectivity index (χ1v) is 14.2. The lowest BCUT2D eigenvalue weighted by atomic mass is 9.89. The number of pyridine rings is 2. The van der Waals surface area contributed by atoms with Gasteiger partial charge in [-0.15, -0.1) is 0 Å². The number of methoxy groups -OCH3 is 3. The van der Waals surface area contributed by atoms with E-state index in [2.05, 4.69) is 21.7 Å². The van der Waals surface area contributed by atoms with E-state index < -0.39 is 6.29 Å². The Morgan fingerprint density at radius 1 is 1.19 bits per heavy atom. The summed E-state index contributed by atoms with van der Waals surface area (Å²) in [5, 5.41) is 15.8. The SMILES string of the molecule is COC1CC(Nc2cc(NC(=O)N3CCCc4cc(CN5CCN(C)CC5=O)c(C(OC)OC)nc43)ncc2C#N)C1. The Labute approximate surface area is 245 Å². The Hall–Kier alpha value is -3.83. The minimum absolute atomic E-state index is 0.0550. The number of ether oxygens (including phenoxy) is 3. The molecular formula is C29H38N8O5. The Bertz CT molecular complexity index is 1350. The lowest BCUT2D eigenvalue weighted by Gasteiger charge is -2.35. The van der Waals surface area contributed by atoms with E-state index in [0.29, 0.717) is 54.8 Å². The first-order chi connectivity index (χ1) is 20.3. The highest BCUT2D eigenvalue weighted by Gasteiger charge is 2.31. The summed E-state index contributed by atoms with van der Waals surface area (Å²) in [6, 6.07) is 5.67. The van der Waals surface area contributed by atoms with Crippen molar-refractivity contribution in [2.45, 2.75) is 50.7 Å². The summed E-state index contributed by atoms with van der Waals surface area (Å²) in [6.07, 6.45) is 4.09. The molecule has 2 aliphatic heterocycles. The van der Waals surface area contributed by atoms with Crippen molar-refractivity contribution < 1.29 is 23.8 Å². The van der Waals surface area contributed by atoms with Crippen molar-refractivity contribution in [3.63, 3.8) is 0 Å². The van der Waals surface area contributed by atoms with E-state index in [1.807, 2.05) is 22.9 Å². The van der Waals surface area contributed by atoms with E-state index in [9.17, 15) is 14.9 Å². The fourth-order valence-corrected chi connectivity index (χ4v) is 5.61. The number of aryl methyl sites for hydroxylation is 1. The molecule has 1 saturated carbocycles. The van der Waals surface area contributed by atoms with Crippen LogP contribution in [0, 0.1) is 11.3 Å². The highest BCUT2D eigenvalue weighted by Crippen LogP contribution is 2.33. The van der Waals surface area contributed by atoms with Gasteiger partial charge in [0.25, 0.3) is 0 Å². The number of carbonyl (C=O) groups excluding carboxylic acids is 2. The number of carbonyl (C=O) groups is 2. The van der Waals surface area contributed by atoms with Gasteiger partial charge in [-0.3, -0.25) is 19.9 Å². The van der Waals surface area contributed by atoms with Gasteiger partial charge in [0.05, 0.1) is 23.9 Å². The molecule has 2 N–H and O–H groups in total. The predicted octanol–water partition coefficient (Wildman–Crippen LogP) is 2.49. The third-order valence-corrected chi connectivity index (χ3v) is 8.09. The predicted molar refractivity (Wildman–Crippen MR) is 155 cm³/mol. The number of rotatable bonds is 9. The number of hydrogen-bond acceptors (Lipinski definition) is 10. The highest BCUT2D eigenvalue weighted by atomic mass is 16.7. The van der Waals surface area contributed by atoms with Gasteiger partial charge in [0, 0.05) is 65.8 Å². The molecule has 4 heterocycles. The third-order valence-electron chi connectivity index (χ3n) is 8.09. The minimum atomic E-state index is -0.766. The third kappa shape index (κ3) is 6.32. The van der Waals surface area contributed by atoms with Crippen LogP contribution in [0.15, 0.2) is 18.3 Å². The summed E-state index contributed by atoms with van der Waals surface area (Å²) >= 11 is 0. The molecule has 0 atom stereocenters. The van der Waals surface area contributed by atoms with E-state index in [1.54, 1.807) is 18.1 Å². The first kappa shape index (κ1) is 29.7. The Morgan fingerprint density at radius 2 is 1.98 bits per heavy atom. The molecule has 0 spiro atoms. The number of anilines is 3. The number of amides is 3. The van der Waals surface area contributed by atoms with Crippen LogP contribution in [0.3, 0.4) is 0 Å². The first-order valence-electron chi connectivity index (χ1n) is 14.2. The molecule has 2 aromatic rings. The average molecular weight is 579 g/mol. The second kappa shape index (κ2) is 13.0.